The van der Waals surface area contributed by atoms with Crippen molar-refractivity contribution < 1.29 is 19.0 Å². The minimum Gasteiger partial charge on any atom is -0.496 e. The van der Waals surface area contributed by atoms with Crippen molar-refractivity contribution in [2.24, 2.45) is 5.92 Å². The van der Waals surface area contributed by atoms with E-state index in [0.717, 1.165) is 68.3 Å². The summed E-state index contributed by atoms with van der Waals surface area (Å²) < 4.78 is 17.1. The Balaban J connectivity index is 1.68. The standard InChI is InChI=1S/C19H28N2O4/c1-14(22)20-11-15-5-3-6-21(12-15)13-16-9-18-19(10-17(16)23-2)25-8-4-7-24-18/h9-10,15H,3-8,11-13H2,1-2H3,(H,20,22)/t15-/m0/s1. The summed E-state index contributed by atoms with van der Waals surface area (Å²) in [6, 6.07) is 3.99. The fraction of sp³-hybridized carbons (Fsp3) is 0.632. The highest BCUT2D eigenvalue weighted by Crippen LogP contribution is 2.37. The number of methoxy groups -OCH3 is 1. The molecule has 0 radical (unpaired) electrons. The Kier molecular flexibility index (Phi) is 6.02. The topological polar surface area (TPSA) is 60.0 Å². The molecule has 6 heteroatoms. The maximum Gasteiger partial charge on any atom is 0.216 e. The number of piperidine rings is 1. The van der Waals surface area contributed by atoms with Crippen LogP contribution in [0, 0.1) is 5.92 Å². The van der Waals surface area contributed by atoms with E-state index in [1.165, 1.54) is 0 Å². The number of hydrogen-bond acceptors (Lipinski definition) is 5. The average Bonchev–Trinajstić information content (AvgIpc) is 2.84. The number of likely N-dealkylation sites (tertiary alicyclic amines) is 1. The van der Waals surface area contributed by atoms with Crippen molar-refractivity contribution in [1.82, 2.24) is 10.2 Å². The van der Waals surface area contributed by atoms with Crippen molar-refractivity contribution in [3.05, 3.63) is 17.7 Å². The summed E-state index contributed by atoms with van der Waals surface area (Å²) in [6.07, 6.45) is 3.20. The summed E-state index contributed by atoms with van der Waals surface area (Å²) in [5.41, 5.74) is 1.12. The molecule has 0 saturated carbocycles. The van der Waals surface area contributed by atoms with Gasteiger partial charge in [-0.2, -0.15) is 0 Å². The Labute approximate surface area is 149 Å². The van der Waals surface area contributed by atoms with Crippen LogP contribution in [0.2, 0.25) is 0 Å². The predicted octanol–water partition coefficient (Wildman–Crippen LogP) is 2.20. The Morgan fingerprint density at radius 3 is 2.76 bits per heavy atom. The van der Waals surface area contributed by atoms with Crippen LogP contribution in [0.3, 0.4) is 0 Å². The normalized spacial score (nSPS) is 20.6. The first-order valence-corrected chi connectivity index (χ1v) is 9.09. The Morgan fingerprint density at radius 2 is 2.04 bits per heavy atom. The lowest BCUT2D eigenvalue weighted by molar-refractivity contribution is -0.119. The molecule has 2 aliphatic heterocycles. The number of fused-ring (bicyclic) bond motifs is 1. The van der Waals surface area contributed by atoms with Crippen molar-refractivity contribution in [2.45, 2.75) is 32.7 Å². The second kappa shape index (κ2) is 8.43. The van der Waals surface area contributed by atoms with E-state index >= 15 is 0 Å². The number of rotatable bonds is 5. The first-order chi connectivity index (χ1) is 12.2. The summed E-state index contributed by atoms with van der Waals surface area (Å²) in [7, 11) is 1.69. The van der Waals surface area contributed by atoms with Crippen molar-refractivity contribution in [3.8, 4) is 17.2 Å². The number of carbonyl (C=O) groups is 1. The molecule has 6 nitrogen and oxygen atoms in total. The third-order valence-electron chi connectivity index (χ3n) is 4.79. The number of hydrogen-bond donors (Lipinski definition) is 1. The van der Waals surface area contributed by atoms with Gasteiger partial charge in [0.1, 0.15) is 5.75 Å². The lowest BCUT2D eigenvalue weighted by Crippen LogP contribution is -2.40. The van der Waals surface area contributed by atoms with Crippen LogP contribution < -0.4 is 19.5 Å². The predicted molar refractivity (Wildman–Crippen MR) is 95.3 cm³/mol. The van der Waals surface area contributed by atoms with Gasteiger partial charge in [0.25, 0.3) is 0 Å². The van der Waals surface area contributed by atoms with E-state index in [1.807, 2.05) is 6.07 Å². The summed E-state index contributed by atoms with van der Waals surface area (Å²) >= 11 is 0. The zero-order valence-electron chi connectivity index (χ0n) is 15.2. The number of nitrogens with zero attached hydrogens (tertiary/aromatic N) is 1. The molecule has 1 amide bonds. The zero-order chi connectivity index (χ0) is 17.6. The van der Waals surface area contributed by atoms with Gasteiger partial charge in [0.15, 0.2) is 11.5 Å². The summed E-state index contributed by atoms with van der Waals surface area (Å²) in [6.45, 7) is 6.55. The molecule has 1 fully saturated rings. The second-order valence-corrected chi connectivity index (χ2v) is 6.84. The molecule has 2 heterocycles. The van der Waals surface area contributed by atoms with Gasteiger partial charge in [-0.1, -0.05) is 0 Å². The van der Waals surface area contributed by atoms with E-state index in [0.29, 0.717) is 19.1 Å². The highest BCUT2D eigenvalue weighted by Gasteiger charge is 2.22. The molecule has 0 spiro atoms. The van der Waals surface area contributed by atoms with Crippen LogP contribution in [0.25, 0.3) is 0 Å². The van der Waals surface area contributed by atoms with E-state index < -0.39 is 0 Å². The molecule has 1 aromatic rings. The lowest BCUT2D eigenvalue weighted by Gasteiger charge is -2.33. The minimum atomic E-state index is 0.0432. The molecule has 1 saturated heterocycles. The van der Waals surface area contributed by atoms with Gasteiger partial charge in [-0.3, -0.25) is 9.69 Å². The van der Waals surface area contributed by atoms with Crippen molar-refractivity contribution in [1.29, 1.82) is 0 Å². The Hall–Kier alpha value is -1.95. The van der Waals surface area contributed by atoms with Crippen LogP contribution >= 0.6 is 0 Å². The van der Waals surface area contributed by atoms with Gasteiger partial charge in [-0.05, 0) is 31.4 Å². The number of nitrogens with one attached hydrogen (secondary N) is 1. The van der Waals surface area contributed by atoms with E-state index in [4.69, 9.17) is 14.2 Å². The quantitative estimate of drug-likeness (QED) is 0.884. The summed E-state index contributed by atoms with van der Waals surface area (Å²) in [5.74, 6) is 2.96. The number of ether oxygens (including phenoxy) is 3. The number of amides is 1. The second-order valence-electron chi connectivity index (χ2n) is 6.84. The van der Waals surface area contributed by atoms with Crippen LogP contribution in [0.15, 0.2) is 12.1 Å². The molecule has 0 aliphatic carbocycles. The first kappa shape index (κ1) is 17.9. The SMILES string of the molecule is COc1cc2c(cc1CN1CCC[C@@H](CNC(C)=O)C1)OCCCO2. The lowest BCUT2D eigenvalue weighted by atomic mass is 9.97. The van der Waals surface area contributed by atoms with Gasteiger partial charge in [0.05, 0.1) is 20.3 Å². The zero-order valence-corrected chi connectivity index (χ0v) is 15.2. The maximum absolute atomic E-state index is 11.1. The third-order valence-corrected chi connectivity index (χ3v) is 4.79. The van der Waals surface area contributed by atoms with Crippen molar-refractivity contribution in [3.63, 3.8) is 0 Å². The third kappa shape index (κ3) is 4.78. The van der Waals surface area contributed by atoms with Gasteiger partial charge in [-0.15, -0.1) is 0 Å². The molecule has 1 N–H and O–H groups in total. The van der Waals surface area contributed by atoms with Gasteiger partial charge >= 0.3 is 0 Å². The van der Waals surface area contributed by atoms with Gasteiger partial charge in [0.2, 0.25) is 5.91 Å². The van der Waals surface area contributed by atoms with Gasteiger partial charge < -0.3 is 19.5 Å². The molecule has 0 aromatic heterocycles. The van der Waals surface area contributed by atoms with E-state index in [-0.39, 0.29) is 5.91 Å². The molecule has 3 rings (SSSR count). The number of carbonyl (C=O) groups excluding carboxylic acids is 1. The Morgan fingerprint density at radius 1 is 1.28 bits per heavy atom. The molecule has 0 unspecified atom stereocenters. The monoisotopic (exact) mass is 348 g/mol. The minimum absolute atomic E-state index is 0.0432. The first-order valence-electron chi connectivity index (χ1n) is 9.09. The van der Waals surface area contributed by atoms with Gasteiger partial charge in [0, 0.05) is 44.6 Å². The highest BCUT2D eigenvalue weighted by atomic mass is 16.5. The van der Waals surface area contributed by atoms with E-state index in [2.05, 4.69) is 16.3 Å². The van der Waals surface area contributed by atoms with Crippen molar-refractivity contribution >= 4 is 5.91 Å². The fourth-order valence-corrected chi connectivity index (χ4v) is 3.54. The average molecular weight is 348 g/mol. The van der Waals surface area contributed by atoms with Crippen LogP contribution in [-0.4, -0.2) is 50.8 Å². The molecule has 25 heavy (non-hydrogen) atoms. The van der Waals surface area contributed by atoms with Crippen molar-refractivity contribution in [2.75, 3.05) is 40.0 Å². The van der Waals surface area contributed by atoms with Gasteiger partial charge in [-0.25, -0.2) is 0 Å². The van der Waals surface area contributed by atoms with E-state index in [1.54, 1.807) is 14.0 Å². The molecule has 1 aromatic carbocycles. The molecular weight excluding hydrogens is 320 g/mol. The fourth-order valence-electron chi connectivity index (χ4n) is 3.54. The van der Waals surface area contributed by atoms with Crippen LogP contribution in [0.5, 0.6) is 17.2 Å². The molecule has 2 aliphatic rings. The van der Waals surface area contributed by atoms with E-state index in [9.17, 15) is 4.79 Å². The summed E-state index contributed by atoms with van der Waals surface area (Å²) in [5, 5.41) is 2.94. The number of benzene rings is 1. The maximum atomic E-state index is 11.1. The van der Waals surface area contributed by atoms with Crippen LogP contribution in [-0.2, 0) is 11.3 Å². The highest BCUT2D eigenvalue weighted by molar-refractivity contribution is 5.72. The smallest absolute Gasteiger partial charge is 0.216 e. The molecular formula is C19H28N2O4. The summed E-state index contributed by atoms with van der Waals surface area (Å²) in [4.78, 5) is 13.6. The van der Waals surface area contributed by atoms with Crippen LogP contribution in [0.1, 0.15) is 31.7 Å². The molecule has 138 valence electrons. The largest absolute Gasteiger partial charge is 0.496 e. The molecule has 0 bridgehead atoms. The Bertz CT molecular complexity index is 605. The molecule has 1 atom stereocenters. The van der Waals surface area contributed by atoms with Crippen LogP contribution in [0.4, 0.5) is 0 Å².